The molecule has 0 radical (unpaired) electrons. The van der Waals surface area contributed by atoms with Crippen molar-refractivity contribution in [1.29, 1.82) is 0 Å². The maximum absolute atomic E-state index is 12.3. The molecule has 0 N–H and O–H groups in total. The van der Waals surface area contributed by atoms with Gasteiger partial charge >= 0.3 is 0 Å². The molecule has 0 bridgehead atoms. The number of carboxylic acid groups (broad SMARTS) is 1. The molecule has 0 spiro atoms. The number of benzene rings is 2. The van der Waals surface area contributed by atoms with Crippen LogP contribution in [0.3, 0.4) is 0 Å². The number of nitro groups is 1. The van der Waals surface area contributed by atoms with E-state index in [0.717, 1.165) is 6.07 Å². The molecule has 0 aliphatic carbocycles. The van der Waals surface area contributed by atoms with Crippen LogP contribution >= 0.6 is 0 Å². The summed E-state index contributed by atoms with van der Waals surface area (Å²) in [6.07, 6.45) is 0. The van der Waals surface area contributed by atoms with Crippen molar-refractivity contribution in [3.63, 3.8) is 0 Å². The van der Waals surface area contributed by atoms with Gasteiger partial charge in [0.15, 0.2) is 0 Å². The van der Waals surface area contributed by atoms with Crippen molar-refractivity contribution in [2.75, 3.05) is 6.54 Å². The first-order valence-corrected chi connectivity index (χ1v) is 6.17. The second-order valence-electron chi connectivity index (χ2n) is 4.72. The number of hydrogen-bond donors (Lipinski definition) is 0. The number of non-ortho nitro benzene ring substituents is 1. The van der Waals surface area contributed by atoms with Gasteiger partial charge in [-0.05, 0) is 11.5 Å². The lowest BCUT2D eigenvalue weighted by Crippen LogP contribution is -2.46. The summed E-state index contributed by atoms with van der Waals surface area (Å²) in [6, 6.07) is 6.80. The number of amides is 2. The molecule has 0 fully saturated rings. The molecular formula is C14H7N2O6-. The van der Waals surface area contributed by atoms with Crippen molar-refractivity contribution in [3.05, 3.63) is 51.6 Å². The number of rotatable bonds is 3. The number of carboxylic acids is 1. The minimum Gasteiger partial charge on any atom is -0.548 e. The van der Waals surface area contributed by atoms with Crippen LogP contribution < -0.4 is 5.11 Å². The molecule has 1 heterocycles. The predicted molar refractivity (Wildman–Crippen MR) is 71.0 cm³/mol. The molecule has 0 unspecified atom stereocenters. The van der Waals surface area contributed by atoms with Gasteiger partial charge in [0.2, 0.25) is 0 Å². The van der Waals surface area contributed by atoms with E-state index in [0.29, 0.717) is 10.3 Å². The number of nitro benzene ring substituents is 1. The maximum atomic E-state index is 12.3. The van der Waals surface area contributed by atoms with E-state index in [4.69, 9.17) is 0 Å². The normalized spacial score (nSPS) is 13.5. The smallest absolute Gasteiger partial charge is 0.270 e. The van der Waals surface area contributed by atoms with E-state index in [1.165, 1.54) is 18.2 Å². The molecule has 2 amide bonds. The fourth-order valence-electron chi connectivity index (χ4n) is 2.52. The summed E-state index contributed by atoms with van der Waals surface area (Å²) in [5.41, 5.74) is -0.250. The topological polar surface area (TPSA) is 121 Å². The monoisotopic (exact) mass is 299 g/mol. The highest BCUT2D eigenvalue weighted by atomic mass is 16.6. The summed E-state index contributed by atoms with van der Waals surface area (Å²) in [6.45, 7) is -0.907. The Kier molecular flexibility index (Phi) is 2.87. The summed E-state index contributed by atoms with van der Waals surface area (Å²) in [5.74, 6) is -3.24. The molecular weight excluding hydrogens is 292 g/mol. The first-order valence-electron chi connectivity index (χ1n) is 6.17. The largest absolute Gasteiger partial charge is 0.548 e. The molecule has 22 heavy (non-hydrogen) atoms. The number of carbonyl (C=O) groups excluding carboxylic acids is 3. The van der Waals surface area contributed by atoms with E-state index in [1.807, 2.05) is 0 Å². The molecule has 2 aromatic rings. The third-order valence-corrected chi connectivity index (χ3v) is 3.41. The zero-order chi connectivity index (χ0) is 16.0. The van der Waals surface area contributed by atoms with Crippen LogP contribution in [0.1, 0.15) is 20.7 Å². The Bertz CT molecular complexity index is 873. The lowest BCUT2D eigenvalue weighted by Gasteiger charge is -2.27. The Hall–Kier alpha value is -3.29. The molecule has 110 valence electrons. The van der Waals surface area contributed by atoms with E-state index in [-0.39, 0.29) is 22.2 Å². The first-order chi connectivity index (χ1) is 10.4. The summed E-state index contributed by atoms with van der Waals surface area (Å²) >= 11 is 0. The summed E-state index contributed by atoms with van der Waals surface area (Å²) in [4.78, 5) is 46.1. The van der Waals surface area contributed by atoms with Gasteiger partial charge in [-0.1, -0.05) is 12.1 Å². The lowest BCUT2D eigenvalue weighted by atomic mass is 9.93. The van der Waals surface area contributed by atoms with Gasteiger partial charge in [-0.3, -0.25) is 24.6 Å². The van der Waals surface area contributed by atoms with Gasteiger partial charge in [0, 0.05) is 23.1 Å². The Labute approximate surface area is 122 Å². The molecule has 8 nitrogen and oxygen atoms in total. The van der Waals surface area contributed by atoms with E-state index in [1.54, 1.807) is 6.07 Å². The van der Waals surface area contributed by atoms with Gasteiger partial charge in [0.1, 0.15) is 0 Å². The highest BCUT2D eigenvalue weighted by Crippen LogP contribution is 2.33. The lowest BCUT2D eigenvalue weighted by molar-refractivity contribution is -0.384. The summed E-state index contributed by atoms with van der Waals surface area (Å²) < 4.78 is 0. The maximum Gasteiger partial charge on any atom is 0.270 e. The Morgan fingerprint density at radius 1 is 1.14 bits per heavy atom. The highest BCUT2D eigenvalue weighted by Gasteiger charge is 2.34. The molecule has 0 saturated carbocycles. The second-order valence-corrected chi connectivity index (χ2v) is 4.72. The van der Waals surface area contributed by atoms with Crippen LogP contribution in [0, 0.1) is 10.1 Å². The van der Waals surface area contributed by atoms with Crippen LogP contribution in [-0.2, 0) is 4.79 Å². The Morgan fingerprint density at radius 3 is 2.45 bits per heavy atom. The van der Waals surface area contributed by atoms with Crippen LogP contribution in [0.4, 0.5) is 5.69 Å². The highest BCUT2D eigenvalue weighted by molar-refractivity contribution is 6.26. The second kappa shape index (κ2) is 4.62. The van der Waals surface area contributed by atoms with Crippen molar-refractivity contribution in [3.8, 4) is 0 Å². The molecule has 2 aromatic carbocycles. The third kappa shape index (κ3) is 1.89. The molecule has 3 rings (SSSR count). The van der Waals surface area contributed by atoms with Crippen LogP contribution in [0.2, 0.25) is 0 Å². The summed E-state index contributed by atoms with van der Waals surface area (Å²) in [7, 11) is 0. The average Bonchev–Trinajstić information content (AvgIpc) is 2.48. The van der Waals surface area contributed by atoms with E-state index in [2.05, 4.69) is 0 Å². The molecule has 0 aromatic heterocycles. The number of imide groups is 1. The Balaban J connectivity index is 2.32. The third-order valence-electron chi connectivity index (χ3n) is 3.41. The van der Waals surface area contributed by atoms with Gasteiger partial charge in [0.05, 0.1) is 23.0 Å². The molecule has 0 saturated heterocycles. The minimum absolute atomic E-state index is 0.0688. The van der Waals surface area contributed by atoms with Crippen LogP contribution in [0.15, 0.2) is 30.3 Å². The SMILES string of the molecule is O=C([O-])CN1C(=O)c2cccc3cc([N+](=O)[O-])cc(c23)C1=O. The zero-order valence-corrected chi connectivity index (χ0v) is 10.9. The Morgan fingerprint density at radius 2 is 1.82 bits per heavy atom. The molecule has 8 heteroatoms. The number of nitrogens with zero attached hydrogens (tertiary/aromatic N) is 2. The number of aliphatic carboxylic acids is 1. The van der Waals surface area contributed by atoms with Crippen LogP contribution in [0.25, 0.3) is 10.8 Å². The first kappa shape index (κ1) is 13.7. The van der Waals surface area contributed by atoms with Crippen molar-refractivity contribution in [2.24, 2.45) is 0 Å². The predicted octanol–water partition coefficient (Wildman–Crippen LogP) is 0.0939. The zero-order valence-electron chi connectivity index (χ0n) is 10.9. The van der Waals surface area contributed by atoms with Crippen molar-refractivity contribution in [1.82, 2.24) is 4.90 Å². The number of carbonyl (C=O) groups is 3. The average molecular weight is 299 g/mol. The standard InChI is InChI=1S/C14H8N2O6/c17-11(18)6-15-13(19)9-3-1-2-7-4-8(16(21)22)5-10(12(7)9)14(15)20/h1-5H,6H2,(H,17,18)/p-1. The van der Waals surface area contributed by atoms with Crippen LogP contribution in [0.5, 0.6) is 0 Å². The van der Waals surface area contributed by atoms with Gasteiger partial charge < -0.3 is 9.90 Å². The van der Waals surface area contributed by atoms with Gasteiger partial charge in [-0.2, -0.15) is 0 Å². The van der Waals surface area contributed by atoms with Gasteiger partial charge in [-0.15, -0.1) is 0 Å². The molecule has 1 aliphatic heterocycles. The molecule has 0 atom stereocenters. The molecule has 1 aliphatic rings. The van der Waals surface area contributed by atoms with Crippen molar-refractivity contribution < 1.29 is 24.4 Å². The van der Waals surface area contributed by atoms with Crippen molar-refractivity contribution in [2.45, 2.75) is 0 Å². The van der Waals surface area contributed by atoms with E-state index < -0.39 is 29.3 Å². The van der Waals surface area contributed by atoms with Crippen molar-refractivity contribution >= 4 is 34.2 Å². The fourth-order valence-corrected chi connectivity index (χ4v) is 2.52. The van der Waals surface area contributed by atoms with Crippen LogP contribution in [-0.4, -0.2) is 34.2 Å². The van der Waals surface area contributed by atoms with E-state index >= 15 is 0 Å². The van der Waals surface area contributed by atoms with Gasteiger partial charge in [0.25, 0.3) is 17.5 Å². The summed E-state index contributed by atoms with van der Waals surface area (Å²) in [5, 5.41) is 22.3. The number of hydrogen-bond acceptors (Lipinski definition) is 6. The minimum atomic E-state index is -1.59. The quantitative estimate of drug-likeness (QED) is 0.450. The fraction of sp³-hybridized carbons (Fsp3) is 0.0714. The van der Waals surface area contributed by atoms with E-state index in [9.17, 15) is 29.6 Å². The van der Waals surface area contributed by atoms with Gasteiger partial charge in [-0.25, -0.2) is 0 Å².